The number of anilines is 1. The van der Waals surface area contributed by atoms with Crippen LogP contribution in [0.3, 0.4) is 0 Å². The van der Waals surface area contributed by atoms with Crippen molar-refractivity contribution in [3.05, 3.63) is 95.7 Å². The third-order valence-electron chi connectivity index (χ3n) is 10.8. The van der Waals surface area contributed by atoms with Gasteiger partial charge in [-0.05, 0) is 56.9 Å². The van der Waals surface area contributed by atoms with Gasteiger partial charge in [-0.2, -0.15) is 9.29 Å². The number of aromatic nitrogens is 2. The summed E-state index contributed by atoms with van der Waals surface area (Å²) in [6, 6.07) is 1.24. The van der Waals surface area contributed by atoms with Crippen molar-refractivity contribution in [1.29, 1.82) is 0 Å². The number of hydrogen-bond donors (Lipinski definition) is 6. The minimum absolute atomic E-state index is 0.0106. The number of allylic oxidation sites excluding steroid dienone is 10. The van der Waals surface area contributed by atoms with Crippen molar-refractivity contribution in [3.8, 4) is 0 Å². The number of esters is 2. The maximum Gasteiger partial charge on any atom is 0.481 e. The topological polar surface area (TPSA) is 286 Å². The number of carbonyl (C=O) groups is 2. The van der Waals surface area contributed by atoms with Crippen LogP contribution in [-0.2, 0) is 46.3 Å². The lowest BCUT2D eigenvalue weighted by atomic mass is 10.0. The lowest BCUT2D eigenvalue weighted by molar-refractivity contribution is -0.161. The van der Waals surface area contributed by atoms with E-state index in [9.17, 15) is 48.6 Å². The number of nitrogens with zero attached hydrogens (tertiary/aromatic N) is 2. The molecule has 0 aliphatic carbocycles. The van der Waals surface area contributed by atoms with Crippen LogP contribution in [0.1, 0.15) is 149 Å². The summed E-state index contributed by atoms with van der Waals surface area (Å²) in [5.41, 5.74) is 4.57. The van der Waals surface area contributed by atoms with Crippen LogP contribution in [0, 0.1) is 5.92 Å². The Hall–Kier alpha value is -3.84. The molecule has 0 bridgehead atoms. The van der Waals surface area contributed by atoms with Crippen molar-refractivity contribution in [3.63, 3.8) is 0 Å². The number of ether oxygens (including phenoxy) is 3. The van der Waals surface area contributed by atoms with E-state index < -0.39 is 89.8 Å². The minimum atomic E-state index is -5.46. The van der Waals surface area contributed by atoms with Gasteiger partial charge in [0.1, 0.15) is 30.7 Å². The van der Waals surface area contributed by atoms with Crippen molar-refractivity contribution < 1.29 is 71.4 Å². The van der Waals surface area contributed by atoms with Crippen molar-refractivity contribution in [2.24, 2.45) is 5.92 Å². The van der Waals surface area contributed by atoms with E-state index in [1.807, 2.05) is 12.2 Å². The van der Waals surface area contributed by atoms with Crippen LogP contribution in [0.4, 0.5) is 5.82 Å². The Kier molecular flexibility index (Phi) is 33.0. The SMILES string of the molecule is CC/C=C\C/C=C\C/C=C\C/C=C\C=C/C(O)C/C=C\CCC(=O)OC[C@H](COP(=O)(O)OP(=O)(O)OC[C@H]1O[C@@H](n2ccc(N)nc2=O)[C@H](O)[C@@H]1O)OC(=O)CCCCCCCCCCCCC(C)C. The monoisotopic (exact) mass is 1040 g/mol. The summed E-state index contributed by atoms with van der Waals surface area (Å²) < 4.78 is 56.6. The summed E-state index contributed by atoms with van der Waals surface area (Å²) in [5, 5.41) is 31.2. The summed E-state index contributed by atoms with van der Waals surface area (Å²) in [5.74, 6) is -0.758. The zero-order valence-corrected chi connectivity index (χ0v) is 43.6. The standard InChI is InChI=1S/C50H81N3O16P2/c1-4-5-6-7-8-9-10-11-12-16-19-22-26-31-41(54)32-27-24-29-33-45(55)64-37-42(67-46(56)34-28-23-20-17-14-13-15-18-21-25-30-40(2)3)38-65-70(60,61)69-71(62,63)66-39-43-47(57)48(58)49(68-43)53-36-35-44(51)52-50(53)59/h5-6,8-9,11-12,19,22,24,26-27,31,35-36,40-43,47-49,54,57-58H,4,7,10,13-18,20-21,23,25,28-30,32-34,37-39H2,1-3H3,(H,60,61)(H,62,63)(H2,51,52,59)/b6-5-,9-8-,12-11-,22-19-,27-24-,31-26-/t41?,42-,43-,47-,48-,49-/m1/s1. The van der Waals surface area contributed by atoms with Crippen molar-refractivity contribution >= 4 is 33.4 Å². The summed E-state index contributed by atoms with van der Waals surface area (Å²) in [6.07, 6.45) is 31.8. The van der Waals surface area contributed by atoms with E-state index in [2.05, 4.69) is 66.5 Å². The number of carbonyl (C=O) groups excluding carboxylic acids is 2. The molecule has 1 aliphatic rings. The van der Waals surface area contributed by atoms with Gasteiger partial charge in [0.15, 0.2) is 12.3 Å². The molecule has 1 aliphatic heterocycles. The summed E-state index contributed by atoms with van der Waals surface area (Å²) in [4.78, 5) is 61.8. The molecule has 21 heteroatoms. The predicted octanol–water partition coefficient (Wildman–Crippen LogP) is 8.94. The molecule has 71 heavy (non-hydrogen) atoms. The molecule has 1 saturated heterocycles. The summed E-state index contributed by atoms with van der Waals surface area (Å²) in [6.45, 7) is 4.12. The normalized spacial score (nSPS) is 20.3. The number of hydrogen-bond acceptors (Lipinski definition) is 16. The molecule has 1 aromatic rings. The van der Waals surface area contributed by atoms with Crippen LogP contribution in [-0.4, -0.2) is 96.9 Å². The predicted molar refractivity (Wildman–Crippen MR) is 271 cm³/mol. The number of nitrogen functional groups attached to an aromatic ring is 1. The van der Waals surface area contributed by atoms with Crippen LogP contribution in [0.2, 0.25) is 0 Å². The molecule has 0 amide bonds. The maximum atomic E-state index is 12.8. The van der Waals surface area contributed by atoms with E-state index in [4.69, 9.17) is 29.0 Å². The molecule has 0 spiro atoms. The zero-order valence-electron chi connectivity index (χ0n) is 41.8. The van der Waals surface area contributed by atoms with Crippen LogP contribution in [0.15, 0.2) is 90.0 Å². The largest absolute Gasteiger partial charge is 0.481 e. The Labute approximate surface area is 419 Å². The smallest absolute Gasteiger partial charge is 0.462 e. The Balaban J connectivity index is 1.86. The summed E-state index contributed by atoms with van der Waals surface area (Å²) >= 11 is 0. The Morgan fingerprint density at radius 2 is 1.39 bits per heavy atom. The van der Waals surface area contributed by atoms with Gasteiger partial charge >= 0.3 is 33.3 Å². The molecule has 1 fully saturated rings. The lowest BCUT2D eigenvalue weighted by Crippen LogP contribution is -2.36. The van der Waals surface area contributed by atoms with Gasteiger partial charge in [-0.15, -0.1) is 0 Å². The summed E-state index contributed by atoms with van der Waals surface area (Å²) in [7, 11) is -10.9. The molecule has 19 nitrogen and oxygen atoms in total. The highest BCUT2D eigenvalue weighted by molar-refractivity contribution is 7.61. The first-order valence-electron chi connectivity index (χ1n) is 24.9. The van der Waals surface area contributed by atoms with E-state index in [1.54, 1.807) is 24.3 Å². The molecule has 0 saturated carbocycles. The number of phosphoric ester groups is 2. The van der Waals surface area contributed by atoms with Gasteiger partial charge in [-0.3, -0.25) is 23.2 Å². The Bertz CT molecular complexity index is 2000. The first kappa shape index (κ1) is 63.3. The van der Waals surface area contributed by atoms with Gasteiger partial charge in [0.25, 0.3) is 0 Å². The van der Waals surface area contributed by atoms with Gasteiger partial charge in [0.2, 0.25) is 0 Å². The molecule has 3 unspecified atom stereocenters. The number of aliphatic hydroxyl groups is 3. The van der Waals surface area contributed by atoms with Crippen LogP contribution in [0.25, 0.3) is 0 Å². The number of aliphatic hydroxyl groups excluding tert-OH is 3. The highest BCUT2D eigenvalue weighted by Gasteiger charge is 2.46. The second-order valence-electron chi connectivity index (χ2n) is 17.6. The molecule has 1 aromatic heterocycles. The molecular weight excluding hydrogens is 961 g/mol. The van der Waals surface area contributed by atoms with Gasteiger partial charge in [0.05, 0.1) is 19.3 Å². The number of phosphoric acid groups is 2. The van der Waals surface area contributed by atoms with Gasteiger partial charge < -0.3 is 45.1 Å². The average Bonchev–Trinajstić information content (AvgIpc) is 3.59. The lowest BCUT2D eigenvalue weighted by Gasteiger charge is -2.21. The number of nitrogens with two attached hydrogens (primary N) is 1. The van der Waals surface area contributed by atoms with E-state index in [1.165, 1.54) is 44.6 Å². The second-order valence-corrected chi connectivity index (χ2v) is 20.7. The third-order valence-corrected chi connectivity index (χ3v) is 13.4. The zero-order chi connectivity index (χ0) is 52.3. The average molecular weight is 1040 g/mol. The first-order chi connectivity index (χ1) is 33.9. The van der Waals surface area contributed by atoms with Crippen LogP contribution >= 0.6 is 15.6 Å². The minimum Gasteiger partial charge on any atom is -0.462 e. The molecule has 7 N–H and O–H groups in total. The maximum absolute atomic E-state index is 12.8. The second kappa shape index (κ2) is 37.0. The molecule has 0 radical (unpaired) electrons. The van der Waals surface area contributed by atoms with Gasteiger partial charge in [-0.25, -0.2) is 13.9 Å². The quantitative estimate of drug-likeness (QED) is 0.0118. The third kappa shape index (κ3) is 30.7. The molecule has 2 rings (SSSR count). The first-order valence-corrected chi connectivity index (χ1v) is 27.9. The molecule has 402 valence electrons. The van der Waals surface area contributed by atoms with Crippen molar-refractivity contribution in [2.75, 3.05) is 25.6 Å². The van der Waals surface area contributed by atoms with Crippen LogP contribution < -0.4 is 11.4 Å². The van der Waals surface area contributed by atoms with Gasteiger partial charge in [0, 0.05) is 19.0 Å². The molecule has 2 heterocycles. The highest BCUT2D eigenvalue weighted by Crippen LogP contribution is 2.60. The van der Waals surface area contributed by atoms with E-state index in [0.29, 0.717) is 12.8 Å². The highest BCUT2D eigenvalue weighted by atomic mass is 31.3. The van der Waals surface area contributed by atoms with E-state index in [0.717, 1.165) is 68.0 Å². The number of unbranched alkanes of at least 4 members (excludes halogenated alkanes) is 9. The number of rotatable bonds is 39. The molecular formula is C50H81N3O16P2. The fourth-order valence-electron chi connectivity index (χ4n) is 6.96. The van der Waals surface area contributed by atoms with Gasteiger partial charge in [-0.1, -0.05) is 158 Å². The van der Waals surface area contributed by atoms with Crippen molar-refractivity contribution in [1.82, 2.24) is 9.55 Å². The van der Waals surface area contributed by atoms with Crippen molar-refractivity contribution in [2.45, 2.75) is 180 Å². The van der Waals surface area contributed by atoms with E-state index >= 15 is 0 Å². The molecule has 8 atom stereocenters. The Morgan fingerprint density at radius 3 is 2.03 bits per heavy atom. The molecule has 0 aromatic carbocycles. The van der Waals surface area contributed by atoms with E-state index in [-0.39, 0.29) is 25.1 Å². The fraction of sp³-hybridized carbons (Fsp3) is 0.640. The Morgan fingerprint density at radius 1 is 0.789 bits per heavy atom. The fourth-order valence-corrected chi connectivity index (χ4v) is 9.07. The van der Waals surface area contributed by atoms with Crippen LogP contribution in [0.5, 0.6) is 0 Å².